The molecule has 3 aromatic carbocycles. The normalized spacial score (nSPS) is 10.7. The maximum atomic E-state index is 12.3. The van der Waals surface area contributed by atoms with Gasteiger partial charge in [0, 0.05) is 5.39 Å². The first-order valence-corrected chi connectivity index (χ1v) is 7.37. The van der Waals surface area contributed by atoms with Gasteiger partial charge in [-0.25, -0.2) is 4.79 Å². The molecule has 0 saturated carbocycles. The van der Waals surface area contributed by atoms with Gasteiger partial charge in [0.2, 0.25) is 0 Å². The molecule has 3 rings (SSSR count). The molecule has 0 radical (unpaired) electrons. The Morgan fingerprint density at radius 1 is 0.750 bits per heavy atom. The molecule has 24 heavy (non-hydrogen) atoms. The summed E-state index contributed by atoms with van der Waals surface area (Å²) in [6, 6.07) is 11.2. The molecule has 3 aromatic rings. The van der Waals surface area contributed by atoms with E-state index in [1.165, 1.54) is 7.11 Å². The highest BCUT2D eigenvalue weighted by molar-refractivity contribution is 6.17. The van der Waals surface area contributed by atoms with Crippen LogP contribution in [0.1, 0.15) is 10.4 Å². The lowest BCUT2D eigenvalue weighted by Gasteiger charge is -2.14. The van der Waals surface area contributed by atoms with Crippen molar-refractivity contribution in [3.8, 4) is 17.2 Å². The Morgan fingerprint density at radius 2 is 1.42 bits per heavy atom. The maximum Gasteiger partial charge on any atom is 0.338 e. The van der Waals surface area contributed by atoms with Gasteiger partial charge in [-0.05, 0) is 46.5 Å². The molecule has 5 nitrogen and oxygen atoms in total. The van der Waals surface area contributed by atoms with Crippen LogP contribution in [0.25, 0.3) is 21.5 Å². The van der Waals surface area contributed by atoms with Crippen LogP contribution in [-0.2, 0) is 4.74 Å². The van der Waals surface area contributed by atoms with Gasteiger partial charge in [0.15, 0.2) is 11.5 Å². The first-order chi connectivity index (χ1) is 11.6. The fourth-order valence-corrected chi connectivity index (χ4v) is 2.87. The molecule has 0 heterocycles. The summed E-state index contributed by atoms with van der Waals surface area (Å²) in [6.45, 7) is 0. The van der Waals surface area contributed by atoms with Crippen molar-refractivity contribution >= 4 is 27.5 Å². The van der Waals surface area contributed by atoms with Crippen molar-refractivity contribution in [1.29, 1.82) is 0 Å². The van der Waals surface area contributed by atoms with E-state index in [2.05, 4.69) is 0 Å². The van der Waals surface area contributed by atoms with E-state index in [4.69, 9.17) is 18.9 Å². The first-order valence-electron chi connectivity index (χ1n) is 7.37. The monoisotopic (exact) mass is 326 g/mol. The lowest BCUT2D eigenvalue weighted by Crippen LogP contribution is -2.03. The Morgan fingerprint density at radius 3 is 2.00 bits per heavy atom. The molecule has 0 aliphatic heterocycles. The molecule has 124 valence electrons. The van der Waals surface area contributed by atoms with E-state index in [0.29, 0.717) is 17.1 Å². The van der Waals surface area contributed by atoms with Crippen molar-refractivity contribution in [1.82, 2.24) is 0 Å². The molecule has 0 unspecified atom stereocenters. The third-order valence-corrected chi connectivity index (χ3v) is 4.07. The van der Waals surface area contributed by atoms with E-state index in [1.54, 1.807) is 33.5 Å². The summed E-state index contributed by atoms with van der Waals surface area (Å²) in [7, 11) is 6.12. The average molecular weight is 326 g/mol. The second-order valence-electron chi connectivity index (χ2n) is 5.26. The SMILES string of the molecule is COC(=O)c1cc2cc(OC)ccc2c2cc(OC)c(OC)cc12. The van der Waals surface area contributed by atoms with Crippen LogP contribution < -0.4 is 14.2 Å². The highest BCUT2D eigenvalue weighted by Gasteiger charge is 2.17. The zero-order chi connectivity index (χ0) is 17.3. The van der Waals surface area contributed by atoms with Crippen LogP contribution in [0.15, 0.2) is 36.4 Å². The Bertz CT molecular complexity index is 930. The molecule has 0 aromatic heterocycles. The Labute approximate surface area is 139 Å². The first kappa shape index (κ1) is 15.9. The lowest BCUT2D eigenvalue weighted by atomic mass is 9.96. The van der Waals surface area contributed by atoms with E-state index in [9.17, 15) is 4.79 Å². The number of rotatable bonds is 4. The maximum absolute atomic E-state index is 12.3. The number of carbonyl (C=O) groups is 1. The number of esters is 1. The predicted molar refractivity (Wildman–Crippen MR) is 92.4 cm³/mol. The summed E-state index contributed by atoms with van der Waals surface area (Å²) in [5.41, 5.74) is 0.467. The van der Waals surface area contributed by atoms with Crippen molar-refractivity contribution in [3.05, 3.63) is 42.0 Å². The molecule has 5 heteroatoms. The Kier molecular flexibility index (Phi) is 4.16. The number of ether oxygens (including phenoxy) is 4. The van der Waals surface area contributed by atoms with Gasteiger partial charge >= 0.3 is 5.97 Å². The van der Waals surface area contributed by atoms with Gasteiger partial charge < -0.3 is 18.9 Å². The van der Waals surface area contributed by atoms with Gasteiger partial charge in [-0.1, -0.05) is 6.07 Å². The Hall–Kier alpha value is -2.95. The Balaban J connectivity index is 2.46. The molecule has 0 fully saturated rings. The zero-order valence-corrected chi connectivity index (χ0v) is 14.0. The molecule has 0 aliphatic rings. The number of fused-ring (bicyclic) bond motifs is 3. The largest absolute Gasteiger partial charge is 0.497 e. The van der Waals surface area contributed by atoms with E-state index in [-0.39, 0.29) is 0 Å². The second kappa shape index (κ2) is 6.28. The van der Waals surface area contributed by atoms with Crippen molar-refractivity contribution in [2.75, 3.05) is 28.4 Å². The highest BCUT2D eigenvalue weighted by Crippen LogP contribution is 2.38. The zero-order valence-electron chi connectivity index (χ0n) is 14.0. The minimum atomic E-state index is -0.406. The number of carbonyl (C=O) groups excluding carboxylic acids is 1. The number of methoxy groups -OCH3 is 4. The van der Waals surface area contributed by atoms with E-state index in [0.717, 1.165) is 27.3 Å². The number of hydrogen-bond acceptors (Lipinski definition) is 5. The average Bonchev–Trinajstić information content (AvgIpc) is 2.64. The van der Waals surface area contributed by atoms with Crippen LogP contribution in [-0.4, -0.2) is 34.4 Å². The van der Waals surface area contributed by atoms with E-state index >= 15 is 0 Å². The summed E-state index contributed by atoms with van der Waals surface area (Å²) >= 11 is 0. The fraction of sp³-hybridized carbons (Fsp3) is 0.211. The molecule has 0 atom stereocenters. The van der Waals surface area contributed by atoms with Crippen molar-refractivity contribution < 1.29 is 23.7 Å². The smallest absolute Gasteiger partial charge is 0.338 e. The quantitative estimate of drug-likeness (QED) is 0.539. The van der Waals surface area contributed by atoms with Gasteiger partial charge in [-0.3, -0.25) is 0 Å². The molecule has 0 spiro atoms. The topological polar surface area (TPSA) is 54.0 Å². The summed E-state index contributed by atoms with van der Waals surface area (Å²) in [6.07, 6.45) is 0. The summed E-state index contributed by atoms with van der Waals surface area (Å²) in [5.74, 6) is 1.47. The van der Waals surface area contributed by atoms with E-state index < -0.39 is 5.97 Å². The predicted octanol–water partition coefficient (Wildman–Crippen LogP) is 3.81. The fourth-order valence-electron chi connectivity index (χ4n) is 2.87. The standard InChI is InChI=1S/C19H18O5/c1-21-12-5-6-13-11(7-12)8-16(19(20)24-4)15-10-18(23-3)17(22-2)9-14(13)15/h5-10H,1-4H3. The summed E-state index contributed by atoms with van der Waals surface area (Å²) in [4.78, 5) is 12.3. The van der Waals surface area contributed by atoms with Crippen molar-refractivity contribution in [2.45, 2.75) is 0 Å². The minimum Gasteiger partial charge on any atom is -0.497 e. The van der Waals surface area contributed by atoms with Crippen LogP contribution in [0.3, 0.4) is 0 Å². The number of hydrogen-bond donors (Lipinski definition) is 0. The van der Waals surface area contributed by atoms with Crippen LogP contribution in [0.5, 0.6) is 17.2 Å². The summed E-state index contributed by atoms with van der Waals surface area (Å²) in [5, 5.41) is 3.50. The highest BCUT2D eigenvalue weighted by atomic mass is 16.5. The minimum absolute atomic E-state index is 0.406. The molecule has 0 N–H and O–H groups in total. The van der Waals surface area contributed by atoms with Crippen molar-refractivity contribution in [3.63, 3.8) is 0 Å². The van der Waals surface area contributed by atoms with Crippen LogP contribution >= 0.6 is 0 Å². The molecule has 0 saturated heterocycles. The van der Waals surface area contributed by atoms with E-state index in [1.807, 2.05) is 24.3 Å². The van der Waals surface area contributed by atoms with Crippen LogP contribution in [0.2, 0.25) is 0 Å². The number of benzene rings is 3. The third-order valence-electron chi connectivity index (χ3n) is 4.07. The van der Waals surface area contributed by atoms with Crippen LogP contribution in [0.4, 0.5) is 0 Å². The summed E-state index contributed by atoms with van der Waals surface area (Å²) < 4.78 is 21.0. The van der Waals surface area contributed by atoms with Crippen LogP contribution in [0, 0.1) is 0 Å². The van der Waals surface area contributed by atoms with Gasteiger partial charge in [0.05, 0.1) is 34.0 Å². The molecule has 0 amide bonds. The van der Waals surface area contributed by atoms with Gasteiger partial charge in [-0.2, -0.15) is 0 Å². The molecule has 0 bridgehead atoms. The van der Waals surface area contributed by atoms with Gasteiger partial charge in [0.25, 0.3) is 0 Å². The molecular weight excluding hydrogens is 308 g/mol. The van der Waals surface area contributed by atoms with Gasteiger partial charge in [0.1, 0.15) is 5.75 Å². The molecule has 0 aliphatic carbocycles. The second-order valence-corrected chi connectivity index (χ2v) is 5.26. The van der Waals surface area contributed by atoms with Gasteiger partial charge in [-0.15, -0.1) is 0 Å². The molecular formula is C19H18O5. The van der Waals surface area contributed by atoms with Crippen molar-refractivity contribution in [2.24, 2.45) is 0 Å². The third kappa shape index (κ3) is 2.48. The lowest BCUT2D eigenvalue weighted by molar-refractivity contribution is 0.0603.